The minimum Gasteiger partial charge on any atom is -0.350 e. The smallest absolute Gasteiger partial charge is 0.250 e. The van der Waals surface area contributed by atoms with Crippen molar-refractivity contribution < 1.29 is 13.2 Å². The summed E-state index contributed by atoms with van der Waals surface area (Å²) in [5.41, 5.74) is 0.492. The fourth-order valence-electron chi connectivity index (χ4n) is 2.21. The molecule has 0 aliphatic rings. The number of carbonyl (C=O) groups excluding carboxylic acids is 1. The third-order valence-corrected chi connectivity index (χ3v) is 6.87. The Bertz CT molecular complexity index is 785. The first-order valence-electron chi connectivity index (χ1n) is 8.15. The fraction of sp³-hybridized carbons (Fsp3) is 0.389. The van der Waals surface area contributed by atoms with Crippen LogP contribution in [0.1, 0.15) is 32.8 Å². The first-order valence-corrected chi connectivity index (χ1v) is 10.5. The number of benzene rings is 1. The number of sulfonamides is 1. The van der Waals surface area contributed by atoms with Crippen molar-refractivity contribution in [3.8, 4) is 0 Å². The monoisotopic (exact) mass is 380 g/mol. The van der Waals surface area contributed by atoms with E-state index >= 15 is 0 Å². The third kappa shape index (κ3) is 5.66. The molecule has 7 heteroatoms. The van der Waals surface area contributed by atoms with Gasteiger partial charge in [0.15, 0.2) is 0 Å². The van der Waals surface area contributed by atoms with Gasteiger partial charge < -0.3 is 5.32 Å². The van der Waals surface area contributed by atoms with Gasteiger partial charge in [-0.2, -0.15) is 4.72 Å². The summed E-state index contributed by atoms with van der Waals surface area (Å²) in [6, 6.07) is 11.7. The molecule has 1 aromatic heterocycles. The molecule has 2 aromatic rings. The van der Waals surface area contributed by atoms with Gasteiger partial charge in [-0.25, -0.2) is 8.42 Å². The Morgan fingerprint density at radius 3 is 2.40 bits per heavy atom. The van der Waals surface area contributed by atoms with Gasteiger partial charge >= 0.3 is 0 Å². The number of hydrogen-bond donors (Lipinski definition) is 2. The van der Waals surface area contributed by atoms with Crippen LogP contribution in [0, 0.1) is 0 Å². The molecular weight excluding hydrogens is 356 g/mol. The van der Waals surface area contributed by atoms with Crippen LogP contribution < -0.4 is 10.0 Å². The third-order valence-electron chi connectivity index (χ3n) is 4.00. The van der Waals surface area contributed by atoms with Crippen molar-refractivity contribution >= 4 is 27.3 Å². The van der Waals surface area contributed by atoms with E-state index in [0.717, 1.165) is 23.3 Å². The maximum Gasteiger partial charge on any atom is 0.250 e. The van der Waals surface area contributed by atoms with Gasteiger partial charge in [0, 0.05) is 5.54 Å². The molecule has 0 aliphatic heterocycles. The topological polar surface area (TPSA) is 75.3 Å². The van der Waals surface area contributed by atoms with Crippen LogP contribution in [0.3, 0.4) is 0 Å². The van der Waals surface area contributed by atoms with Crippen molar-refractivity contribution in [1.82, 2.24) is 10.0 Å². The second-order valence-corrected chi connectivity index (χ2v) is 9.41. The second-order valence-electron chi connectivity index (χ2n) is 6.52. The Morgan fingerprint density at radius 1 is 1.16 bits per heavy atom. The van der Waals surface area contributed by atoms with E-state index in [1.165, 1.54) is 6.07 Å². The van der Waals surface area contributed by atoms with E-state index in [4.69, 9.17) is 0 Å². The summed E-state index contributed by atoms with van der Waals surface area (Å²) < 4.78 is 27.9. The van der Waals surface area contributed by atoms with Crippen molar-refractivity contribution in [3.63, 3.8) is 0 Å². The highest BCUT2D eigenvalue weighted by Crippen LogP contribution is 2.17. The molecule has 0 saturated heterocycles. The number of thiophene rings is 1. The summed E-state index contributed by atoms with van der Waals surface area (Å²) in [6.07, 6.45) is 1.03. The lowest BCUT2D eigenvalue weighted by molar-refractivity contribution is -0.124. The fourth-order valence-corrected chi connectivity index (χ4v) is 4.41. The van der Waals surface area contributed by atoms with Crippen LogP contribution in [0.4, 0.5) is 0 Å². The van der Waals surface area contributed by atoms with E-state index in [0.29, 0.717) is 0 Å². The predicted octanol–water partition coefficient (Wildman–Crippen LogP) is 2.94. The standard InChI is InChI=1S/C18H24N2O3S2/c1-4-18(2,3)19-17(21)15(13-14-9-6-5-7-10-14)20-25(22,23)16-11-8-12-24-16/h5-12,15,20H,4,13H2,1-3H3,(H,19,21)/t15-/m1/s1. The van der Waals surface area contributed by atoms with Crippen molar-refractivity contribution in [3.05, 3.63) is 53.4 Å². The van der Waals surface area contributed by atoms with E-state index in [9.17, 15) is 13.2 Å². The van der Waals surface area contributed by atoms with Gasteiger partial charge in [-0.15, -0.1) is 11.3 Å². The first kappa shape index (κ1) is 19.6. The van der Waals surface area contributed by atoms with Crippen molar-refractivity contribution in [2.45, 2.75) is 49.4 Å². The molecular formula is C18H24N2O3S2. The lowest BCUT2D eigenvalue weighted by Gasteiger charge is -2.28. The first-order chi connectivity index (χ1) is 11.7. The Balaban J connectivity index is 2.24. The van der Waals surface area contributed by atoms with Gasteiger partial charge in [-0.1, -0.05) is 43.3 Å². The van der Waals surface area contributed by atoms with E-state index in [1.807, 2.05) is 51.1 Å². The molecule has 0 aliphatic carbocycles. The Hall–Kier alpha value is -1.70. The maximum absolute atomic E-state index is 12.7. The molecule has 1 aromatic carbocycles. The summed E-state index contributed by atoms with van der Waals surface area (Å²) in [5, 5.41) is 4.63. The van der Waals surface area contributed by atoms with Crippen LogP contribution in [0.15, 0.2) is 52.1 Å². The summed E-state index contributed by atoms with van der Waals surface area (Å²) in [5.74, 6) is -0.323. The minimum atomic E-state index is -3.74. The Morgan fingerprint density at radius 2 is 1.84 bits per heavy atom. The predicted molar refractivity (Wildman–Crippen MR) is 101 cm³/mol. The largest absolute Gasteiger partial charge is 0.350 e. The number of nitrogens with one attached hydrogen (secondary N) is 2. The lowest BCUT2D eigenvalue weighted by Crippen LogP contribution is -2.53. The van der Waals surface area contributed by atoms with Crippen molar-refractivity contribution in [2.24, 2.45) is 0 Å². The van der Waals surface area contributed by atoms with E-state index in [-0.39, 0.29) is 16.5 Å². The molecule has 0 bridgehead atoms. The lowest BCUT2D eigenvalue weighted by atomic mass is 10.00. The normalized spacial score (nSPS) is 13.4. The summed E-state index contributed by atoms with van der Waals surface area (Å²) in [7, 11) is -3.74. The minimum absolute atomic E-state index is 0.202. The SMILES string of the molecule is CCC(C)(C)NC(=O)[C@@H](Cc1ccccc1)NS(=O)(=O)c1cccs1. The van der Waals surface area contributed by atoms with Crippen LogP contribution in [-0.4, -0.2) is 25.9 Å². The van der Waals surface area contributed by atoms with Crippen molar-refractivity contribution in [2.75, 3.05) is 0 Å². The van der Waals surface area contributed by atoms with Gasteiger partial charge in [0.2, 0.25) is 5.91 Å². The van der Waals surface area contributed by atoms with Gasteiger partial charge in [-0.3, -0.25) is 4.79 Å². The average molecular weight is 381 g/mol. The summed E-state index contributed by atoms with van der Waals surface area (Å²) in [6.45, 7) is 5.80. The zero-order chi connectivity index (χ0) is 18.5. The molecule has 1 atom stereocenters. The zero-order valence-electron chi connectivity index (χ0n) is 14.7. The average Bonchev–Trinajstić information content (AvgIpc) is 3.10. The number of amides is 1. The van der Waals surface area contributed by atoms with Gasteiger partial charge in [-0.05, 0) is 43.7 Å². The molecule has 136 valence electrons. The van der Waals surface area contributed by atoms with Gasteiger partial charge in [0.25, 0.3) is 10.0 Å². The zero-order valence-corrected chi connectivity index (χ0v) is 16.3. The van der Waals surface area contributed by atoms with Gasteiger partial charge in [0.1, 0.15) is 10.3 Å². The molecule has 0 spiro atoms. The van der Waals surface area contributed by atoms with Crippen molar-refractivity contribution in [1.29, 1.82) is 0 Å². The van der Waals surface area contributed by atoms with Crippen LogP contribution in [0.2, 0.25) is 0 Å². The van der Waals surface area contributed by atoms with Crippen LogP contribution in [0.5, 0.6) is 0 Å². The quantitative estimate of drug-likeness (QED) is 0.739. The van der Waals surface area contributed by atoms with E-state index in [1.54, 1.807) is 11.4 Å². The molecule has 0 fully saturated rings. The molecule has 5 nitrogen and oxygen atoms in total. The molecule has 1 heterocycles. The highest BCUT2D eigenvalue weighted by atomic mass is 32.2. The second kappa shape index (κ2) is 8.12. The summed E-state index contributed by atoms with van der Waals surface area (Å²) in [4.78, 5) is 12.7. The molecule has 2 rings (SSSR count). The Kier molecular flexibility index (Phi) is 6.37. The number of carbonyl (C=O) groups is 1. The van der Waals surface area contributed by atoms with Crippen LogP contribution in [0.25, 0.3) is 0 Å². The molecule has 0 saturated carbocycles. The molecule has 25 heavy (non-hydrogen) atoms. The van der Waals surface area contributed by atoms with Gasteiger partial charge in [0.05, 0.1) is 0 Å². The molecule has 1 amide bonds. The Labute approximate surface area is 153 Å². The maximum atomic E-state index is 12.7. The van der Waals surface area contributed by atoms with E-state index in [2.05, 4.69) is 10.0 Å². The number of rotatable bonds is 8. The molecule has 0 radical (unpaired) electrons. The highest BCUT2D eigenvalue weighted by Gasteiger charge is 2.29. The van der Waals surface area contributed by atoms with Crippen LogP contribution >= 0.6 is 11.3 Å². The molecule has 0 unspecified atom stereocenters. The number of hydrogen-bond acceptors (Lipinski definition) is 4. The molecule has 2 N–H and O–H groups in total. The highest BCUT2D eigenvalue weighted by molar-refractivity contribution is 7.91. The summed E-state index contributed by atoms with van der Waals surface area (Å²) >= 11 is 1.13. The van der Waals surface area contributed by atoms with Crippen LogP contribution in [-0.2, 0) is 21.2 Å². The van der Waals surface area contributed by atoms with E-state index < -0.39 is 21.6 Å².